The van der Waals surface area contributed by atoms with Crippen LogP contribution in [0.5, 0.6) is 0 Å². The first-order valence-corrected chi connectivity index (χ1v) is 23.6. The highest BCUT2D eigenvalue weighted by atomic mass is 28.3. The molecule has 0 aliphatic carbocycles. The molecule has 0 N–H and O–H groups in total. The van der Waals surface area contributed by atoms with Crippen molar-refractivity contribution in [1.29, 1.82) is 0 Å². The van der Waals surface area contributed by atoms with Gasteiger partial charge in [-0.3, -0.25) is 0 Å². The summed E-state index contributed by atoms with van der Waals surface area (Å²) in [5.74, 6) is 0.713. The zero-order valence-corrected chi connectivity index (χ0v) is 35.2. The summed E-state index contributed by atoms with van der Waals surface area (Å²) in [6, 6.07) is 83.7. The average molecular weight is 819 g/mol. The number of hydrogen-bond acceptors (Lipinski definition) is 2. The minimum Gasteiger partial charge on any atom is -0.309 e. The van der Waals surface area contributed by atoms with Gasteiger partial charge in [-0.15, -0.1) is 0 Å². The van der Waals surface area contributed by atoms with Crippen LogP contribution in [0, 0.1) is 0 Å². The normalized spacial score (nSPS) is 12.9. The molecule has 13 rings (SSSR count). The second-order valence-corrected chi connectivity index (χ2v) is 20.1. The number of fused-ring (bicyclic) bond motifs is 9. The van der Waals surface area contributed by atoms with E-state index in [-0.39, 0.29) is 0 Å². The van der Waals surface area contributed by atoms with Crippen LogP contribution in [0.15, 0.2) is 231 Å². The van der Waals surface area contributed by atoms with Crippen molar-refractivity contribution < 1.29 is 0 Å². The van der Waals surface area contributed by atoms with E-state index in [9.17, 15) is 0 Å². The lowest BCUT2D eigenvalue weighted by Crippen LogP contribution is -2.73. The highest BCUT2D eigenvalue weighted by Gasteiger charge is 2.51. The third-order valence-electron chi connectivity index (χ3n) is 13.2. The van der Waals surface area contributed by atoms with E-state index in [1.807, 2.05) is 0 Å². The number of rotatable bonds is 6. The Morgan fingerprint density at radius 3 is 1.54 bits per heavy atom. The minimum atomic E-state index is -2.97. The molecule has 9 aromatic carbocycles. The number of nitrogens with zero attached hydrogens (tertiary/aromatic N) is 4. The highest BCUT2D eigenvalue weighted by molar-refractivity contribution is 7.21. The molecule has 0 saturated heterocycles. The molecule has 0 fully saturated rings. The first-order chi connectivity index (χ1) is 31.3. The third-order valence-corrected chi connectivity index (χ3v) is 17.9. The molecule has 5 heteroatoms. The Morgan fingerprint density at radius 2 is 0.873 bits per heavy atom. The highest BCUT2D eigenvalue weighted by Crippen LogP contribution is 2.42. The monoisotopic (exact) mass is 818 g/mol. The molecule has 12 aromatic rings. The topological polar surface area (TPSA) is 35.6 Å². The molecule has 0 bridgehead atoms. The zero-order chi connectivity index (χ0) is 41.5. The van der Waals surface area contributed by atoms with Crippen LogP contribution in [-0.2, 0) is 0 Å². The summed E-state index contributed by atoms with van der Waals surface area (Å²) in [7, 11) is -2.97. The van der Waals surface area contributed by atoms with Gasteiger partial charge in [-0.2, -0.15) is 0 Å². The van der Waals surface area contributed by atoms with Gasteiger partial charge >= 0.3 is 0 Å². The van der Waals surface area contributed by atoms with Gasteiger partial charge < -0.3 is 9.13 Å². The van der Waals surface area contributed by atoms with Gasteiger partial charge in [0.15, 0.2) is 5.82 Å². The minimum absolute atomic E-state index is 0.713. The van der Waals surface area contributed by atoms with Gasteiger partial charge in [0.1, 0.15) is 0 Å². The smallest absolute Gasteiger partial charge is 0.203 e. The SMILES string of the molecule is c1ccc(-c2nc(-c3ccccc3-n3c4ccccc4c4cc5c6ccccc6n(-c6ccccc6)c5cc43)nc3c2-c2ccccc2[Si]3(c2ccccc2)c2ccccc2)cc1. The van der Waals surface area contributed by atoms with E-state index in [0.717, 1.165) is 55.6 Å². The number of para-hydroxylation sites is 4. The van der Waals surface area contributed by atoms with E-state index >= 15 is 0 Å². The maximum absolute atomic E-state index is 5.93. The fourth-order valence-electron chi connectivity index (χ4n) is 10.6. The molecule has 0 saturated carbocycles. The molecule has 4 nitrogen and oxygen atoms in total. The van der Waals surface area contributed by atoms with Crippen molar-refractivity contribution >= 4 is 72.6 Å². The lowest BCUT2D eigenvalue weighted by atomic mass is 10.0. The van der Waals surface area contributed by atoms with Gasteiger partial charge in [-0.25, -0.2) is 9.97 Å². The molecule has 1 aliphatic rings. The van der Waals surface area contributed by atoms with Crippen molar-refractivity contribution in [2.45, 2.75) is 0 Å². The molecule has 0 unspecified atom stereocenters. The fourth-order valence-corrected chi connectivity index (χ4v) is 15.6. The van der Waals surface area contributed by atoms with E-state index in [2.05, 4.69) is 240 Å². The van der Waals surface area contributed by atoms with Crippen LogP contribution in [0.1, 0.15) is 0 Å². The summed E-state index contributed by atoms with van der Waals surface area (Å²) < 4.78 is 4.85. The largest absolute Gasteiger partial charge is 0.309 e. The predicted molar refractivity (Wildman–Crippen MR) is 264 cm³/mol. The summed E-state index contributed by atoms with van der Waals surface area (Å²) in [4.78, 5) is 11.6. The second kappa shape index (κ2) is 14.0. The van der Waals surface area contributed by atoms with Gasteiger partial charge in [0.05, 0.1) is 38.8 Å². The second-order valence-electron chi connectivity index (χ2n) is 16.5. The van der Waals surface area contributed by atoms with E-state index in [4.69, 9.17) is 9.97 Å². The zero-order valence-electron chi connectivity index (χ0n) is 34.2. The van der Waals surface area contributed by atoms with Crippen LogP contribution >= 0.6 is 0 Å². The van der Waals surface area contributed by atoms with Crippen molar-refractivity contribution in [3.63, 3.8) is 0 Å². The predicted octanol–water partition coefficient (Wildman–Crippen LogP) is 11.4. The first-order valence-electron chi connectivity index (χ1n) is 21.6. The van der Waals surface area contributed by atoms with Crippen LogP contribution in [0.4, 0.5) is 0 Å². The van der Waals surface area contributed by atoms with Crippen LogP contribution in [-0.4, -0.2) is 27.2 Å². The van der Waals surface area contributed by atoms with Gasteiger partial charge in [0, 0.05) is 43.9 Å². The summed E-state index contributed by atoms with van der Waals surface area (Å²) in [6.45, 7) is 0. The Hall–Kier alpha value is -8.12. The quantitative estimate of drug-likeness (QED) is 0.157. The molecule has 3 aromatic heterocycles. The molecule has 1 aliphatic heterocycles. The van der Waals surface area contributed by atoms with E-state index in [0.29, 0.717) is 5.82 Å². The van der Waals surface area contributed by atoms with Gasteiger partial charge in [-0.05, 0) is 69.7 Å². The van der Waals surface area contributed by atoms with Crippen LogP contribution in [0.3, 0.4) is 0 Å². The number of benzene rings is 9. The molecular formula is C58H38N4Si. The fraction of sp³-hybridized carbons (Fsp3) is 0. The van der Waals surface area contributed by atoms with E-state index < -0.39 is 8.07 Å². The molecule has 0 spiro atoms. The number of hydrogen-bond donors (Lipinski definition) is 0. The van der Waals surface area contributed by atoms with Gasteiger partial charge in [0.25, 0.3) is 0 Å². The Bertz CT molecular complexity index is 3690. The standard InChI is InChI=1S/C58H38N4Si/c1-5-21-39(22-6-1)56-55-46-32-16-20-36-54(46)63(41-25-9-3-10-26-41,42-27-11-4-12-28-42)58(55)60-57(59-56)45-31-15-19-35-51(45)62-50-34-18-14-30-44(50)48-37-47-43-29-13-17-33-49(43)61(52(47)38-53(48)62)40-23-7-2-8-24-40/h1-38H. The molecular weight excluding hydrogens is 781 g/mol. The van der Waals surface area contributed by atoms with Crippen molar-refractivity contribution in [2.75, 3.05) is 0 Å². The Balaban J connectivity index is 1.14. The summed E-state index contributed by atoms with van der Waals surface area (Å²) in [5.41, 5.74) is 12.1. The van der Waals surface area contributed by atoms with Crippen LogP contribution in [0.25, 0.3) is 88.8 Å². The van der Waals surface area contributed by atoms with E-state index in [1.54, 1.807) is 0 Å². The van der Waals surface area contributed by atoms with Crippen LogP contribution < -0.4 is 20.9 Å². The van der Waals surface area contributed by atoms with E-state index in [1.165, 1.54) is 48.2 Å². The molecule has 0 radical (unpaired) electrons. The maximum Gasteiger partial charge on any atom is 0.203 e. The summed E-state index contributed by atoms with van der Waals surface area (Å²) in [6.07, 6.45) is 0. The van der Waals surface area contributed by atoms with Crippen molar-refractivity contribution in [3.8, 4) is 45.1 Å². The molecule has 294 valence electrons. The summed E-state index contributed by atoms with van der Waals surface area (Å²) in [5, 5.41) is 9.95. The number of aromatic nitrogens is 4. The maximum atomic E-state index is 5.93. The average Bonchev–Trinajstić information content (AvgIpc) is 3.98. The first kappa shape index (κ1) is 35.6. The van der Waals surface area contributed by atoms with Gasteiger partial charge in [-0.1, -0.05) is 182 Å². The Morgan fingerprint density at radius 1 is 0.365 bits per heavy atom. The Labute approximate surface area is 365 Å². The molecule has 0 amide bonds. The van der Waals surface area contributed by atoms with Crippen molar-refractivity contribution in [3.05, 3.63) is 231 Å². The van der Waals surface area contributed by atoms with Crippen molar-refractivity contribution in [1.82, 2.24) is 19.1 Å². The van der Waals surface area contributed by atoms with Gasteiger partial charge in [0.2, 0.25) is 8.07 Å². The molecule has 63 heavy (non-hydrogen) atoms. The third kappa shape index (κ3) is 5.14. The summed E-state index contributed by atoms with van der Waals surface area (Å²) >= 11 is 0. The van der Waals surface area contributed by atoms with Crippen LogP contribution in [0.2, 0.25) is 0 Å². The van der Waals surface area contributed by atoms with Crippen molar-refractivity contribution in [2.24, 2.45) is 0 Å². The lowest BCUT2D eigenvalue weighted by Gasteiger charge is -2.30. The Kier molecular flexibility index (Phi) is 7.89. The lowest BCUT2D eigenvalue weighted by molar-refractivity contribution is 1.14. The molecule has 4 heterocycles. The molecule has 0 atom stereocenters.